The second-order valence-corrected chi connectivity index (χ2v) is 9.77. The zero-order valence-electron chi connectivity index (χ0n) is 18.5. The minimum atomic E-state index is -0.460. The molecule has 2 atom stereocenters. The maximum Gasteiger partial charge on any atom is 0.319 e. The van der Waals surface area contributed by atoms with E-state index < -0.39 is 11.8 Å². The Labute approximate surface area is 216 Å². The highest BCUT2D eigenvalue weighted by molar-refractivity contribution is 7.09. The van der Waals surface area contributed by atoms with E-state index in [-0.39, 0.29) is 36.0 Å². The normalized spacial score (nSPS) is 17.5. The summed E-state index contributed by atoms with van der Waals surface area (Å²) >= 11 is 13.5. The van der Waals surface area contributed by atoms with Gasteiger partial charge in [0.2, 0.25) is 0 Å². The molecule has 3 N–H and O–H groups in total. The van der Waals surface area contributed by atoms with Gasteiger partial charge in [-0.3, -0.25) is 4.79 Å². The van der Waals surface area contributed by atoms with Crippen LogP contribution < -0.4 is 20.7 Å². The molecule has 1 fully saturated rings. The van der Waals surface area contributed by atoms with Gasteiger partial charge in [0.25, 0.3) is 5.91 Å². The summed E-state index contributed by atoms with van der Waals surface area (Å²) in [6, 6.07) is 10.1. The topological polar surface area (TPSA) is 92.4 Å². The van der Waals surface area contributed by atoms with Gasteiger partial charge in [0.05, 0.1) is 21.8 Å². The van der Waals surface area contributed by atoms with Gasteiger partial charge in [-0.25, -0.2) is 14.2 Å². The Kier molecular flexibility index (Phi) is 8.43. The lowest BCUT2D eigenvalue weighted by molar-refractivity contribution is 0.0911. The van der Waals surface area contributed by atoms with Gasteiger partial charge in [-0.15, -0.1) is 11.3 Å². The van der Waals surface area contributed by atoms with Crippen molar-refractivity contribution in [2.24, 2.45) is 0 Å². The van der Waals surface area contributed by atoms with Crippen molar-refractivity contribution in [3.8, 4) is 5.75 Å². The van der Waals surface area contributed by atoms with Gasteiger partial charge in [-0.1, -0.05) is 54.2 Å². The van der Waals surface area contributed by atoms with E-state index in [0.29, 0.717) is 27.2 Å². The molecule has 1 aliphatic carbocycles. The van der Waals surface area contributed by atoms with Crippen LogP contribution in [-0.4, -0.2) is 29.0 Å². The van der Waals surface area contributed by atoms with E-state index in [1.165, 1.54) is 23.5 Å². The standard InChI is InChI=1S/C24H23Cl2FN4O3S/c25-14-6-5-7-15(26)22(14)31-24(33)30-18-10-3-2-9-17(18)29-23(32)19-13-35-21(28-19)12-34-20-11-4-1-8-16(20)27/h1,4-8,11,13,17-18H,2-3,9-10,12H2,(H,29,32)(H2,30,31,33)/t17-,18-/m1/s1. The number of amides is 3. The van der Waals surface area contributed by atoms with Crippen LogP contribution in [0.15, 0.2) is 47.8 Å². The minimum absolute atomic E-state index is 0.0528. The molecule has 2 aromatic carbocycles. The maximum absolute atomic E-state index is 13.7. The number of anilines is 1. The lowest BCUT2D eigenvalue weighted by atomic mass is 9.90. The van der Waals surface area contributed by atoms with E-state index in [4.69, 9.17) is 27.9 Å². The fraction of sp³-hybridized carbons (Fsp3) is 0.292. The molecule has 4 rings (SSSR count). The van der Waals surface area contributed by atoms with Crippen molar-refractivity contribution in [2.75, 3.05) is 5.32 Å². The Bertz CT molecular complexity index is 1190. The van der Waals surface area contributed by atoms with Crippen molar-refractivity contribution in [1.29, 1.82) is 0 Å². The highest BCUT2D eigenvalue weighted by Crippen LogP contribution is 2.30. The number of rotatable bonds is 7. The SMILES string of the molecule is O=C(Nc1c(Cl)cccc1Cl)N[C@@H]1CCCC[C@H]1NC(=O)c1csc(COc2ccccc2F)n1. The summed E-state index contributed by atoms with van der Waals surface area (Å²) in [5.41, 5.74) is 0.580. The first-order valence-electron chi connectivity index (χ1n) is 11.0. The fourth-order valence-electron chi connectivity index (χ4n) is 3.84. The molecular formula is C24H23Cl2FN4O3S. The summed E-state index contributed by atoms with van der Waals surface area (Å²) in [7, 11) is 0. The molecule has 0 radical (unpaired) electrons. The Morgan fingerprint density at radius 3 is 2.43 bits per heavy atom. The summed E-state index contributed by atoms with van der Waals surface area (Å²) in [6.45, 7) is 0.0528. The number of nitrogens with one attached hydrogen (secondary N) is 3. The maximum atomic E-state index is 13.7. The van der Waals surface area contributed by atoms with Crippen LogP contribution in [0.3, 0.4) is 0 Å². The molecule has 1 heterocycles. The third-order valence-electron chi connectivity index (χ3n) is 5.57. The number of urea groups is 1. The lowest BCUT2D eigenvalue weighted by Gasteiger charge is -2.32. The predicted octanol–water partition coefficient (Wildman–Crippen LogP) is 6.03. The number of thiazole rings is 1. The number of hydrogen-bond donors (Lipinski definition) is 3. The van der Waals surface area contributed by atoms with Crippen LogP contribution >= 0.6 is 34.5 Å². The van der Waals surface area contributed by atoms with Crippen LogP contribution in [0.2, 0.25) is 10.0 Å². The predicted molar refractivity (Wildman–Crippen MR) is 135 cm³/mol. The molecule has 7 nitrogen and oxygen atoms in total. The number of nitrogens with zero attached hydrogens (tertiary/aromatic N) is 1. The molecule has 3 amide bonds. The minimum Gasteiger partial charge on any atom is -0.483 e. The molecule has 0 spiro atoms. The Hall–Kier alpha value is -2.88. The quantitative estimate of drug-likeness (QED) is 0.343. The van der Waals surface area contributed by atoms with Crippen molar-refractivity contribution >= 4 is 52.2 Å². The molecule has 1 aliphatic rings. The second-order valence-electron chi connectivity index (χ2n) is 8.01. The number of para-hydroxylation sites is 2. The van der Waals surface area contributed by atoms with Crippen LogP contribution in [0.4, 0.5) is 14.9 Å². The van der Waals surface area contributed by atoms with Crippen LogP contribution in [0.25, 0.3) is 0 Å². The summed E-state index contributed by atoms with van der Waals surface area (Å²) < 4.78 is 19.2. The lowest BCUT2D eigenvalue weighted by Crippen LogP contribution is -2.54. The van der Waals surface area contributed by atoms with Gasteiger partial charge in [-0.2, -0.15) is 0 Å². The van der Waals surface area contributed by atoms with Crippen LogP contribution in [0.5, 0.6) is 5.75 Å². The van der Waals surface area contributed by atoms with Crippen molar-refractivity contribution < 1.29 is 18.7 Å². The molecule has 3 aromatic rings. The number of ether oxygens (including phenoxy) is 1. The van der Waals surface area contributed by atoms with Crippen LogP contribution in [0, 0.1) is 5.82 Å². The molecule has 11 heteroatoms. The molecule has 0 unspecified atom stereocenters. The average Bonchev–Trinajstić information content (AvgIpc) is 3.32. The Morgan fingerprint density at radius 1 is 1.03 bits per heavy atom. The van der Waals surface area contributed by atoms with E-state index in [1.54, 1.807) is 35.7 Å². The van der Waals surface area contributed by atoms with E-state index in [2.05, 4.69) is 20.9 Å². The highest BCUT2D eigenvalue weighted by Gasteiger charge is 2.29. The number of carbonyl (C=O) groups is 2. The number of benzene rings is 2. The highest BCUT2D eigenvalue weighted by atomic mass is 35.5. The number of carbonyl (C=O) groups excluding carboxylic acids is 2. The van der Waals surface area contributed by atoms with Gasteiger partial charge in [0.1, 0.15) is 17.3 Å². The van der Waals surface area contributed by atoms with Crippen LogP contribution in [0.1, 0.15) is 41.2 Å². The van der Waals surface area contributed by atoms with E-state index in [0.717, 1.165) is 19.3 Å². The second kappa shape index (κ2) is 11.7. The molecule has 0 aliphatic heterocycles. The van der Waals surface area contributed by atoms with Crippen molar-refractivity contribution in [2.45, 2.75) is 44.4 Å². The number of hydrogen-bond acceptors (Lipinski definition) is 5. The first-order chi connectivity index (χ1) is 16.9. The van der Waals surface area contributed by atoms with Crippen molar-refractivity contribution in [3.05, 3.63) is 74.4 Å². The molecule has 1 saturated carbocycles. The van der Waals surface area contributed by atoms with E-state index in [9.17, 15) is 14.0 Å². The first kappa shape index (κ1) is 25.2. The first-order valence-corrected chi connectivity index (χ1v) is 12.7. The van der Waals surface area contributed by atoms with Gasteiger partial charge in [0.15, 0.2) is 11.6 Å². The number of aromatic nitrogens is 1. The average molecular weight is 537 g/mol. The Morgan fingerprint density at radius 2 is 1.71 bits per heavy atom. The number of halogens is 3. The molecular weight excluding hydrogens is 514 g/mol. The molecule has 184 valence electrons. The van der Waals surface area contributed by atoms with Crippen molar-refractivity contribution in [3.63, 3.8) is 0 Å². The fourth-order valence-corrected chi connectivity index (χ4v) is 5.01. The summed E-state index contributed by atoms with van der Waals surface area (Å²) in [6.07, 6.45) is 3.29. The molecule has 35 heavy (non-hydrogen) atoms. The zero-order valence-corrected chi connectivity index (χ0v) is 20.9. The van der Waals surface area contributed by atoms with Gasteiger partial charge in [0, 0.05) is 11.4 Å². The van der Waals surface area contributed by atoms with Crippen molar-refractivity contribution in [1.82, 2.24) is 15.6 Å². The third kappa shape index (κ3) is 6.62. The summed E-state index contributed by atoms with van der Waals surface area (Å²) in [5, 5.41) is 11.4. The van der Waals surface area contributed by atoms with Gasteiger partial charge in [-0.05, 0) is 37.1 Å². The summed E-state index contributed by atoms with van der Waals surface area (Å²) in [5.74, 6) is -0.675. The smallest absolute Gasteiger partial charge is 0.319 e. The summed E-state index contributed by atoms with van der Waals surface area (Å²) in [4.78, 5) is 29.7. The zero-order chi connectivity index (χ0) is 24.8. The Balaban J connectivity index is 1.33. The third-order valence-corrected chi connectivity index (χ3v) is 7.02. The molecule has 1 aromatic heterocycles. The van der Waals surface area contributed by atoms with Gasteiger partial charge >= 0.3 is 6.03 Å². The largest absolute Gasteiger partial charge is 0.483 e. The van der Waals surface area contributed by atoms with E-state index >= 15 is 0 Å². The monoisotopic (exact) mass is 536 g/mol. The van der Waals surface area contributed by atoms with Crippen LogP contribution in [-0.2, 0) is 6.61 Å². The van der Waals surface area contributed by atoms with Gasteiger partial charge < -0.3 is 20.7 Å². The molecule has 0 bridgehead atoms. The van der Waals surface area contributed by atoms with E-state index in [1.807, 2.05) is 0 Å². The molecule has 0 saturated heterocycles.